The van der Waals surface area contributed by atoms with Crippen LogP contribution in [0.4, 0.5) is 5.69 Å². The average molecular weight is 352 g/mol. The molecule has 2 rings (SSSR count). The number of hydrogen-bond donors (Lipinski definition) is 0. The molecule has 6 heteroatoms. The van der Waals surface area contributed by atoms with E-state index in [9.17, 15) is 10.1 Å². The predicted octanol–water partition coefficient (Wildman–Crippen LogP) is 3.77. The maximum absolute atomic E-state index is 10.7. The van der Waals surface area contributed by atoms with Gasteiger partial charge in [0.25, 0.3) is 5.69 Å². The first-order chi connectivity index (χ1) is 10.1. The van der Waals surface area contributed by atoms with Gasteiger partial charge in [-0.25, -0.2) is 0 Å². The summed E-state index contributed by atoms with van der Waals surface area (Å²) < 4.78 is 1.95. The Bertz CT molecular complexity index is 635. The molecule has 1 heterocycles. The molecule has 112 valence electrons. The van der Waals surface area contributed by atoms with Gasteiger partial charge in [-0.1, -0.05) is 41.4 Å². The second kappa shape index (κ2) is 6.85. The summed E-state index contributed by atoms with van der Waals surface area (Å²) >= 11 is 3.49. The molecule has 0 bridgehead atoms. The maximum Gasteiger partial charge on any atom is 0.269 e. The molecular weight excluding hydrogens is 334 g/mol. The molecule has 0 aliphatic carbocycles. The number of aryl methyl sites for hydroxylation is 1. The molecule has 0 saturated carbocycles. The Balaban J connectivity index is 2.31. The highest BCUT2D eigenvalue weighted by atomic mass is 79.9. The molecule has 0 atom stereocenters. The SMILES string of the molecule is CCCc1c(Cc2ccc([N+](=O)[O-])cc2)c(CBr)nn1C. The van der Waals surface area contributed by atoms with Crippen molar-refractivity contribution < 1.29 is 4.92 Å². The predicted molar refractivity (Wildman–Crippen MR) is 85.7 cm³/mol. The molecule has 0 N–H and O–H groups in total. The van der Waals surface area contributed by atoms with Gasteiger partial charge in [-0.05, 0) is 12.0 Å². The van der Waals surface area contributed by atoms with Gasteiger partial charge in [0.2, 0.25) is 0 Å². The van der Waals surface area contributed by atoms with Crippen LogP contribution in [0.1, 0.15) is 35.9 Å². The molecule has 0 aliphatic rings. The summed E-state index contributed by atoms with van der Waals surface area (Å²) in [5.41, 5.74) is 4.70. The fourth-order valence-corrected chi connectivity index (χ4v) is 2.91. The number of non-ortho nitro benzene ring substituents is 1. The fraction of sp³-hybridized carbons (Fsp3) is 0.400. The Morgan fingerprint density at radius 3 is 2.52 bits per heavy atom. The van der Waals surface area contributed by atoms with Crippen molar-refractivity contribution in [1.82, 2.24) is 9.78 Å². The van der Waals surface area contributed by atoms with Crippen molar-refractivity contribution in [1.29, 1.82) is 0 Å². The number of aromatic nitrogens is 2. The minimum Gasteiger partial charge on any atom is -0.272 e. The quantitative estimate of drug-likeness (QED) is 0.452. The molecule has 2 aromatic rings. The lowest BCUT2D eigenvalue weighted by atomic mass is 10.0. The van der Waals surface area contributed by atoms with Crippen LogP contribution in [0, 0.1) is 10.1 Å². The van der Waals surface area contributed by atoms with Crippen molar-refractivity contribution in [2.24, 2.45) is 7.05 Å². The molecule has 1 aromatic carbocycles. The molecule has 0 fully saturated rings. The Morgan fingerprint density at radius 2 is 2.00 bits per heavy atom. The summed E-state index contributed by atoms with van der Waals surface area (Å²) in [6, 6.07) is 6.75. The number of alkyl halides is 1. The number of rotatable bonds is 6. The Kier molecular flexibility index (Phi) is 5.12. The van der Waals surface area contributed by atoms with Crippen molar-refractivity contribution >= 4 is 21.6 Å². The van der Waals surface area contributed by atoms with E-state index in [0.29, 0.717) is 5.33 Å². The third kappa shape index (κ3) is 3.50. The number of nitro benzene ring substituents is 1. The molecule has 21 heavy (non-hydrogen) atoms. The number of nitrogens with zero attached hydrogens (tertiary/aromatic N) is 3. The number of halogens is 1. The summed E-state index contributed by atoms with van der Waals surface area (Å²) in [4.78, 5) is 10.3. The van der Waals surface area contributed by atoms with Gasteiger partial charge in [-0.2, -0.15) is 5.10 Å². The number of nitro groups is 1. The zero-order valence-corrected chi connectivity index (χ0v) is 13.8. The van der Waals surface area contributed by atoms with E-state index in [4.69, 9.17) is 0 Å². The highest BCUT2D eigenvalue weighted by molar-refractivity contribution is 9.08. The van der Waals surface area contributed by atoms with Gasteiger partial charge in [0, 0.05) is 42.2 Å². The second-order valence-corrected chi connectivity index (χ2v) is 5.54. The highest BCUT2D eigenvalue weighted by Gasteiger charge is 2.15. The Labute approximate surface area is 132 Å². The van der Waals surface area contributed by atoms with Crippen LogP contribution in [0.15, 0.2) is 24.3 Å². The first kappa shape index (κ1) is 15.7. The molecule has 0 unspecified atom stereocenters. The van der Waals surface area contributed by atoms with Crippen LogP contribution in [0.5, 0.6) is 0 Å². The van der Waals surface area contributed by atoms with E-state index in [1.165, 1.54) is 11.3 Å². The van der Waals surface area contributed by atoms with Crippen LogP contribution >= 0.6 is 15.9 Å². The van der Waals surface area contributed by atoms with Gasteiger partial charge in [0.15, 0.2) is 0 Å². The van der Waals surface area contributed by atoms with E-state index in [1.807, 2.05) is 23.9 Å². The topological polar surface area (TPSA) is 61.0 Å². The zero-order valence-electron chi connectivity index (χ0n) is 12.2. The van der Waals surface area contributed by atoms with Crippen molar-refractivity contribution in [3.63, 3.8) is 0 Å². The van der Waals surface area contributed by atoms with Crippen LogP contribution in [0.2, 0.25) is 0 Å². The number of hydrogen-bond acceptors (Lipinski definition) is 3. The summed E-state index contributed by atoms with van der Waals surface area (Å²) in [5, 5.41) is 16.0. The summed E-state index contributed by atoms with van der Waals surface area (Å²) in [7, 11) is 1.97. The Hall–Kier alpha value is -1.69. The van der Waals surface area contributed by atoms with Crippen molar-refractivity contribution in [2.45, 2.75) is 31.5 Å². The van der Waals surface area contributed by atoms with Gasteiger partial charge >= 0.3 is 0 Å². The standard InChI is InChI=1S/C15H18BrN3O2/c1-3-4-15-13(14(10-16)17-18(15)2)9-11-5-7-12(8-6-11)19(20)21/h5-8H,3-4,9-10H2,1-2H3. The minimum atomic E-state index is -0.375. The lowest BCUT2D eigenvalue weighted by Crippen LogP contribution is -2.01. The molecule has 0 spiro atoms. The van der Waals surface area contributed by atoms with Gasteiger partial charge in [-0.3, -0.25) is 14.8 Å². The summed E-state index contributed by atoms with van der Waals surface area (Å²) in [6.07, 6.45) is 2.80. The molecule has 1 aromatic heterocycles. The van der Waals surface area contributed by atoms with Crippen LogP contribution in [0.25, 0.3) is 0 Å². The fourth-order valence-electron chi connectivity index (χ4n) is 2.46. The van der Waals surface area contributed by atoms with Crippen LogP contribution < -0.4 is 0 Å². The van der Waals surface area contributed by atoms with Crippen LogP contribution in [-0.2, 0) is 25.2 Å². The molecule has 0 amide bonds. The lowest BCUT2D eigenvalue weighted by Gasteiger charge is -2.06. The molecule has 0 aliphatic heterocycles. The van der Waals surface area contributed by atoms with E-state index in [0.717, 1.165) is 30.5 Å². The normalized spacial score (nSPS) is 10.8. The van der Waals surface area contributed by atoms with E-state index in [2.05, 4.69) is 28.0 Å². The monoisotopic (exact) mass is 351 g/mol. The first-order valence-corrected chi connectivity index (χ1v) is 8.01. The van der Waals surface area contributed by atoms with E-state index in [1.54, 1.807) is 12.1 Å². The third-order valence-electron chi connectivity index (χ3n) is 3.50. The van der Waals surface area contributed by atoms with Crippen molar-refractivity contribution in [3.05, 3.63) is 56.9 Å². The van der Waals surface area contributed by atoms with Crippen LogP contribution in [-0.4, -0.2) is 14.7 Å². The lowest BCUT2D eigenvalue weighted by molar-refractivity contribution is -0.384. The zero-order chi connectivity index (χ0) is 15.4. The van der Waals surface area contributed by atoms with Gasteiger partial charge in [0.05, 0.1) is 10.6 Å². The van der Waals surface area contributed by atoms with E-state index < -0.39 is 0 Å². The van der Waals surface area contributed by atoms with Gasteiger partial charge in [-0.15, -0.1) is 0 Å². The average Bonchev–Trinajstić information content (AvgIpc) is 2.76. The smallest absolute Gasteiger partial charge is 0.269 e. The van der Waals surface area contributed by atoms with Gasteiger partial charge in [0.1, 0.15) is 0 Å². The second-order valence-electron chi connectivity index (χ2n) is 4.98. The molecule has 0 radical (unpaired) electrons. The molecule has 0 saturated heterocycles. The summed E-state index contributed by atoms with van der Waals surface area (Å²) in [6.45, 7) is 2.15. The van der Waals surface area contributed by atoms with Crippen molar-refractivity contribution in [3.8, 4) is 0 Å². The maximum atomic E-state index is 10.7. The highest BCUT2D eigenvalue weighted by Crippen LogP contribution is 2.23. The van der Waals surface area contributed by atoms with Crippen molar-refractivity contribution in [2.75, 3.05) is 0 Å². The minimum absolute atomic E-state index is 0.124. The Morgan fingerprint density at radius 1 is 1.33 bits per heavy atom. The first-order valence-electron chi connectivity index (χ1n) is 6.89. The van der Waals surface area contributed by atoms with Crippen LogP contribution in [0.3, 0.4) is 0 Å². The number of benzene rings is 1. The van der Waals surface area contributed by atoms with Gasteiger partial charge < -0.3 is 0 Å². The molecular formula is C15H18BrN3O2. The molecule has 5 nitrogen and oxygen atoms in total. The van der Waals surface area contributed by atoms with E-state index in [-0.39, 0.29) is 10.6 Å². The third-order valence-corrected chi connectivity index (χ3v) is 4.03. The summed E-state index contributed by atoms with van der Waals surface area (Å²) in [5.74, 6) is 0. The largest absolute Gasteiger partial charge is 0.272 e. The van der Waals surface area contributed by atoms with E-state index >= 15 is 0 Å².